The standard InChI is InChI=1S/C10H11ClN/c11-10-4-7(6-12)3-9(5-10)8-1-2-8/h3-4,8H,1-2,6,12H2. The lowest BCUT2D eigenvalue weighted by Gasteiger charge is -2.02. The largest absolute Gasteiger partial charge is 0.326 e. The van der Waals surface area contributed by atoms with E-state index in [-0.39, 0.29) is 0 Å². The summed E-state index contributed by atoms with van der Waals surface area (Å²) in [5.74, 6) is 0.703. The van der Waals surface area contributed by atoms with Crippen molar-refractivity contribution < 1.29 is 0 Å². The molecule has 2 rings (SSSR count). The predicted octanol–water partition coefficient (Wildman–Crippen LogP) is 2.48. The Morgan fingerprint density at radius 1 is 1.50 bits per heavy atom. The minimum absolute atomic E-state index is 0.564. The molecule has 0 bridgehead atoms. The molecule has 63 valence electrons. The van der Waals surface area contributed by atoms with Crippen LogP contribution in [0.15, 0.2) is 12.1 Å². The Hall–Kier alpha value is -0.530. The molecule has 1 radical (unpaired) electrons. The van der Waals surface area contributed by atoms with Gasteiger partial charge in [0.15, 0.2) is 0 Å². The van der Waals surface area contributed by atoms with Gasteiger partial charge in [0.1, 0.15) is 0 Å². The molecule has 1 aromatic carbocycles. The van der Waals surface area contributed by atoms with Gasteiger partial charge in [-0.15, -0.1) is 0 Å². The van der Waals surface area contributed by atoms with E-state index >= 15 is 0 Å². The van der Waals surface area contributed by atoms with Gasteiger partial charge in [-0.05, 0) is 36.0 Å². The second kappa shape index (κ2) is 3.08. The highest BCUT2D eigenvalue weighted by Gasteiger charge is 2.24. The number of nitrogens with two attached hydrogens (primary N) is 1. The summed E-state index contributed by atoms with van der Waals surface area (Å²) in [6.07, 6.45) is 2.56. The fraction of sp³-hybridized carbons (Fsp3) is 0.400. The molecule has 0 aliphatic heterocycles. The van der Waals surface area contributed by atoms with Gasteiger partial charge in [-0.3, -0.25) is 0 Å². The Morgan fingerprint density at radius 2 is 2.25 bits per heavy atom. The Bertz CT molecular complexity index is 292. The third-order valence-corrected chi connectivity index (χ3v) is 2.37. The average Bonchev–Trinajstić information content (AvgIpc) is 2.85. The van der Waals surface area contributed by atoms with Crippen molar-refractivity contribution in [1.29, 1.82) is 0 Å². The molecule has 0 heterocycles. The van der Waals surface area contributed by atoms with Crippen LogP contribution in [0, 0.1) is 6.07 Å². The van der Waals surface area contributed by atoms with E-state index in [0.717, 1.165) is 5.56 Å². The molecule has 1 nitrogen and oxygen atoms in total. The van der Waals surface area contributed by atoms with Gasteiger partial charge in [0.05, 0.1) is 0 Å². The fourth-order valence-corrected chi connectivity index (χ4v) is 1.60. The Morgan fingerprint density at radius 3 is 2.83 bits per heavy atom. The summed E-state index contributed by atoms with van der Waals surface area (Å²) < 4.78 is 0. The SMILES string of the molecule is NCc1cc(Cl)[c]c(C2CC2)c1. The minimum atomic E-state index is 0.564. The van der Waals surface area contributed by atoms with Crippen molar-refractivity contribution in [2.75, 3.05) is 0 Å². The van der Waals surface area contributed by atoms with E-state index in [1.54, 1.807) is 0 Å². The Kier molecular flexibility index (Phi) is 2.07. The third-order valence-electron chi connectivity index (χ3n) is 2.17. The zero-order valence-corrected chi connectivity index (χ0v) is 7.56. The highest BCUT2D eigenvalue weighted by atomic mass is 35.5. The van der Waals surface area contributed by atoms with E-state index in [4.69, 9.17) is 17.3 Å². The van der Waals surface area contributed by atoms with Crippen molar-refractivity contribution >= 4 is 11.6 Å². The van der Waals surface area contributed by atoms with Crippen LogP contribution in [0.2, 0.25) is 5.02 Å². The quantitative estimate of drug-likeness (QED) is 0.744. The van der Waals surface area contributed by atoms with E-state index in [1.165, 1.54) is 18.4 Å². The van der Waals surface area contributed by atoms with E-state index in [2.05, 4.69) is 12.1 Å². The summed E-state index contributed by atoms with van der Waals surface area (Å²) in [4.78, 5) is 0. The molecule has 0 unspecified atom stereocenters. The second-order valence-electron chi connectivity index (χ2n) is 3.27. The van der Waals surface area contributed by atoms with Crippen LogP contribution in [0.25, 0.3) is 0 Å². The van der Waals surface area contributed by atoms with Crippen molar-refractivity contribution in [2.45, 2.75) is 25.3 Å². The van der Waals surface area contributed by atoms with Gasteiger partial charge in [-0.1, -0.05) is 17.7 Å². The van der Waals surface area contributed by atoms with Gasteiger partial charge in [0.25, 0.3) is 0 Å². The molecule has 12 heavy (non-hydrogen) atoms. The monoisotopic (exact) mass is 180 g/mol. The van der Waals surface area contributed by atoms with E-state index in [0.29, 0.717) is 17.5 Å². The van der Waals surface area contributed by atoms with E-state index in [1.807, 2.05) is 6.07 Å². The van der Waals surface area contributed by atoms with Gasteiger partial charge in [-0.25, -0.2) is 0 Å². The summed E-state index contributed by atoms with van der Waals surface area (Å²) in [6, 6.07) is 7.15. The maximum absolute atomic E-state index is 5.89. The maximum Gasteiger partial charge on any atom is 0.0491 e. The van der Waals surface area contributed by atoms with Crippen molar-refractivity contribution in [1.82, 2.24) is 0 Å². The average molecular weight is 181 g/mol. The number of rotatable bonds is 2. The zero-order valence-electron chi connectivity index (χ0n) is 6.81. The van der Waals surface area contributed by atoms with Crippen LogP contribution < -0.4 is 5.73 Å². The van der Waals surface area contributed by atoms with Crippen LogP contribution in [-0.2, 0) is 6.54 Å². The molecule has 0 saturated heterocycles. The molecule has 1 aromatic rings. The first kappa shape index (κ1) is 8.09. The fourth-order valence-electron chi connectivity index (χ4n) is 1.35. The molecule has 1 aliphatic rings. The van der Waals surface area contributed by atoms with Crippen LogP contribution in [-0.4, -0.2) is 0 Å². The number of hydrogen-bond donors (Lipinski definition) is 1. The van der Waals surface area contributed by atoms with Crippen LogP contribution in [0.1, 0.15) is 29.9 Å². The molecule has 2 heteroatoms. The van der Waals surface area contributed by atoms with Crippen LogP contribution in [0.3, 0.4) is 0 Å². The summed E-state index contributed by atoms with van der Waals surface area (Å²) in [5, 5.41) is 0.694. The molecule has 1 aliphatic carbocycles. The lowest BCUT2D eigenvalue weighted by Crippen LogP contribution is -1.97. The molecule has 0 amide bonds. The predicted molar refractivity (Wildman–Crippen MR) is 50.2 cm³/mol. The molecule has 1 fully saturated rings. The molecule has 1 saturated carbocycles. The highest BCUT2D eigenvalue weighted by molar-refractivity contribution is 6.30. The minimum Gasteiger partial charge on any atom is -0.326 e. The van der Waals surface area contributed by atoms with Gasteiger partial charge < -0.3 is 5.73 Å². The first-order valence-corrected chi connectivity index (χ1v) is 4.59. The van der Waals surface area contributed by atoms with Crippen molar-refractivity contribution in [3.8, 4) is 0 Å². The molecule has 0 spiro atoms. The first-order chi connectivity index (χ1) is 5.79. The zero-order chi connectivity index (χ0) is 8.55. The number of benzene rings is 1. The highest BCUT2D eigenvalue weighted by Crippen LogP contribution is 2.40. The smallest absolute Gasteiger partial charge is 0.0491 e. The summed E-state index contributed by atoms with van der Waals surface area (Å²) in [7, 11) is 0. The maximum atomic E-state index is 5.89. The summed E-state index contributed by atoms with van der Waals surface area (Å²) in [6.45, 7) is 0.564. The molecule has 0 atom stereocenters. The summed E-state index contributed by atoms with van der Waals surface area (Å²) in [5.41, 5.74) is 7.89. The van der Waals surface area contributed by atoms with Gasteiger partial charge in [0.2, 0.25) is 0 Å². The second-order valence-corrected chi connectivity index (χ2v) is 3.68. The molecule has 2 N–H and O–H groups in total. The van der Waals surface area contributed by atoms with Crippen LogP contribution in [0.4, 0.5) is 0 Å². The number of halogens is 1. The first-order valence-electron chi connectivity index (χ1n) is 4.21. The topological polar surface area (TPSA) is 26.0 Å². The van der Waals surface area contributed by atoms with Crippen molar-refractivity contribution in [2.24, 2.45) is 5.73 Å². The van der Waals surface area contributed by atoms with Gasteiger partial charge in [-0.2, -0.15) is 0 Å². The lowest BCUT2D eigenvalue weighted by molar-refractivity contribution is 1.04. The third kappa shape index (κ3) is 1.62. The Labute approximate surface area is 77.5 Å². The van der Waals surface area contributed by atoms with Gasteiger partial charge in [0, 0.05) is 17.6 Å². The van der Waals surface area contributed by atoms with Crippen LogP contribution in [0.5, 0.6) is 0 Å². The van der Waals surface area contributed by atoms with Gasteiger partial charge >= 0.3 is 0 Å². The van der Waals surface area contributed by atoms with E-state index < -0.39 is 0 Å². The normalized spacial score (nSPS) is 16.5. The van der Waals surface area contributed by atoms with E-state index in [9.17, 15) is 0 Å². The summed E-state index contributed by atoms with van der Waals surface area (Å²) >= 11 is 5.89. The van der Waals surface area contributed by atoms with Crippen LogP contribution >= 0.6 is 11.6 Å². The molecule has 0 aromatic heterocycles. The lowest BCUT2D eigenvalue weighted by atomic mass is 10.1. The van der Waals surface area contributed by atoms with Crippen molar-refractivity contribution in [3.05, 3.63) is 34.3 Å². The molecular weight excluding hydrogens is 170 g/mol. The molecular formula is C10H11ClN. The van der Waals surface area contributed by atoms with Crippen molar-refractivity contribution in [3.63, 3.8) is 0 Å². The number of hydrogen-bond acceptors (Lipinski definition) is 1. The Balaban J connectivity index is 2.34.